The van der Waals surface area contributed by atoms with Crippen LogP contribution < -0.4 is 16.2 Å². The maximum Gasteiger partial charge on any atom is 0.283 e. The van der Waals surface area contributed by atoms with Crippen LogP contribution in [0.3, 0.4) is 0 Å². The van der Waals surface area contributed by atoms with E-state index in [0.29, 0.717) is 23.2 Å². The molecule has 0 aliphatic carbocycles. The summed E-state index contributed by atoms with van der Waals surface area (Å²) in [6, 6.07) is 3.63. The molecule has 0 bridgehead atoms. The number of pyridine rings is 1. The van der Waals surface area contributed by atoms with Crippen molar-refractivity contribution >= 4 is 27.5 Å². The number of rotatable bonds is 7. The molecule has 1 fully saturated rings. The van der Waals surface area contributed by atoms with Crippen LogP contribution in [0.4, 0.5) is 5.69 Å². The Morgan fingerprint density at radius 1 is 1.38 bits per heavy atom. The van der Waals surface area contributed by atoms with Crippen molar-refractivity contribution in [3.05, 3.63) is 51.1 Å². The van der Waals surface area contributed by atoms with E-state index in [1.165, 1.54) is 6.20 Å². The SMILES string of the molecule is O=C(Cn1ncc(NCC2CCCO2)c(Br)c1=O)NCc1ccncc1. The molecule has 0 aromatic carbocycles. The Kier molecular flexibility index (Phi) is 6.35. The van der Waals surface area contributed by atoms with Gasteiger partial charge in [0, 0.05) is 32.1 Å². The molecule has 2 N–H and O–H groups in total. The zero-order valence-electron chi connectivity index (χ0n) is 14.2. The van der Waals surface area contributed by atoms with Gasteiger partial charge in [-0.2, -0.15) is 5.10 Å². The van der Waals surface area contributed by atoms with Crippen LogP contribution in [-0.2, 0) is 22.6 Å². The molecule has 1 amide bonds. The number of anilines is 1. The number of carbonyl (C=O) groups is 1. The van der Waals surface area contributed by atoms with E-state index in [9.17, 15) is 9.59 Å². The summed E-state index contributed by atoms with van der Waals surface area (Å²) in [5.41, 5.74) is 1.17. The molecule has 1 aliphatic rings. The van der Waals surface area contributed by atoms with E-state index in [0.717, 1.165) is 29.7 Å². The summed E-state index contributed by atoms with van der Waals surface area (Å²) in [7, 11) is 0. The number of carbonyl (C=O) groups excluding carboxylic acids is 1. The van der Waals surface area contributed by atoms with Crippen LogP contribution in [-0.4, -0.2) is 39.9 Å². The van der Waals surface area contributed by atoms with E-state index in [4.69, 9.17) is 4.74 Å². The highest BCUT2D eigenvalue weighted by Crippen LogP contribution is 2.18. The van der Waals surface area contributed by atoms with E-state index in [1.807, 2.05) is 12.1 Å². The van der Waals surface area contributed by atoms with Crippen LogP contribution in [0.15, 0.2) is 40.0 Å². The quantitative estimate of drug-likeness (QED) is 0.699. The second-order valence-corrected chi connectivity index (χ2v) is 6.78. The van der Waals surface area contributed by atoms with Crippen LogP contribution >= 0.6 is 15.9 Å². The van der Waals surface area contributed by atoms with E-state index >= 15 is 0 Å². The first-order chi connectivity index (χ1) is 12.6. The summed E-state index contributed by atoms with van der Waals surface area (Å²) in [5, 5.41) is 10.0. The summed E-state index contributed by atoms with van der Waals surface area (Å²) in [4.78, 5) is 28.4. The van der Waals surface area contributed by atoms with Gasteiger partial charge in [-0.25, -0.2) is 4.68 Å². The Labute approximate surface area is 159 Å². The minimum atomic E-state index is -0.360. The Hall–Kier alpha value is -2.26. The number of hydrogen-bond donors (Lipinski definition) is 2. The van der Waals surface area contributed by atoms with Gasteiger partial charge in [0.2, 0.25) is 5.91 Å². The zero-order chi connectivity index (χ0) is 18.4. The van der Waals surface area contributed by atoms with E-state index < -0.39 is 0 Å². The summed E-state index contributed by atoms with van der Waals surface area (Å²) >= 11 is 3.29. The van der Waals surface area contributed by atoms with Gasteiger partial charge in [0.25, 0.3) is 5.56 Å². The molecule has 1 atom stereocenters. The minimum Gasteiger partial charge on any atom is -0.380 e. The number of aromatic nitrogens is 3. The lowest BCUT2D eigenvalue weighted by atomic mass is 10.2. The van der Waals surface area contributed by atoms with Gasteiger partial charge in [-0.05, 0) is 46.5 Å². The molecule has 0 spiro atoms. The summed E-state index contributed by atoms with van der Waals surface area (Å²) < 4.78 is 7.03. The second-order valence-electron chi connectivity index (χ2n) is 5.98. The average molecular weight is 422 g/mol. The van der Waals surface area contributed by atoms with Crippen molar-refractivity contribution in [1.82, 2.24) is 20.1 Å². The number of hydrogen-bond acceptors (Lipinski definition) is 6. The first-order valence-electron chi connectivity index (χ1n) is 8.40. The van der Waals surface area contributed by atoms with Gasteiger partial charge < -0.3 is 15.4 Å². The van der Waals surface area contributed by atoms with Gasteiger partial charge in [-0.15, -0.1) is 0 Å². The van der Waals surface area contributed by atoms with E-state index in [-0.39, 0.29) is 24.1 Å². The minimum absolute atomic E-state index is 0.144. The third-order valence-corrected chi connectivity index (χ3v) is 4.83. The third kappa shape index (κ3) is 4.89. The molecule has 9 heteroatoms. The Balaban J connectivity index is 1.56. The maximum absolute atomic E-state index is 12.4. The highest BCUT2D eigenvalue weighted by molar-refractivity contribution is 9.10. The van der Waals surface area contributed by atoms with Crippen LogP contribution in [0.1, 0.15) is 18.4 Å². The smallest absolute Gasteiger partial charge is 0.283 e. The summed E-state index contributed by atoms with van der Waals surface area (Å²) in [6.45, 7) is 1.63. The van der Waals surface area contributed by atoms with Crippen LogP contribution in [0.5, 0.6) is 0 Å². The van der Waals surface area contributed by atoms with Crippen LogP contribution in [0, 0.1) is 0 Å². The zero-order valence-corrected chi connectivity index (χ0v) is 15.7. The Morgan fingerprint density at radius 3 is 2.92 bits per heavy atom. The number of ether oxygens (including phenoxy) is 1. The number of nitrogens with zero attached hydrogens (tertiary/aromatic N) is 3. The third-order valence-electron chi connectivity index (χ3n) is 4.06. The number of nitrogens with one attached hydrogen (secondary N) is 2. The maximum atomic E-state index is 12.4. The molecule has 8 nitrogen and oxygen atoms in total. The van der Waals surface area contributed by atoms with Gasteiger partial charge >= 0.3 is 0 Å². The number of amides is 1. The van der Waals surface area contributed by atoms with Crippen molar-refractivity contribution in [1.29, 1.82) is 0 Å². The van der Waals surface area contributed by atoms with Gasteiger partial charge in [0.1, 0.15) is 11.0 Å². The normalized spacial score (nSPS) is 16.4. The molecule has 138 valence electrons. The van der Waals surface area contributed by atoms with Crippen molar-refractivity contribution in [2.75, 3.05) is 18.5 Å². The first kappa shape index (κ1) is 18.5. The lowest BCUT2D eigenvalue weighted by Gasteiger charge is -2.13. The van der Waals surface area contributed by atoms with Gasteiger partial charge in [0.15, 0.2) is 0 Å². The highest BCUT2D eigenvalue weighted by atomic mass is 79.9. The molecular weight excluding hydrogens is 402 g/mol. The molecule has 2 aromatic heterocycles. The van der Waals surface area contributed by atoms with Crippen molar-refractivity contribution in [3.8, 4) is 0 Å². The van der Waals surface area contributed by atoms with Gasteiger partial charge in [-0.1, -0.05) is 0 Å². The highest BCUT2D eigenvalue weighted by Gasteiger charge is 2.17. The fraction of sp³-hybridized carbons (Fsp3) is 0.412. The fourth-order valence-electron chi connectivity index (χ4n) is 2.62. The molecule has 3 heterocycles. The van der Waals surface area contributed by atoms with Crippen molar-refractivity contribution in [2.45, 2.75) is 32.0 Å². The Bertz CT molecular complexity index is 806. The average Bonchev–Trinajstić information content (AvgIpc) is 3.18. The van der Waals surface area contributed by atoms with Gasteiger partial charge in [-0.3, -0.25) is 14.6 Å². The summed E-state index contributed by atoms with van der Waals surface area (Å²) in [5.74, 6) is -0.289. The molecule has 2 aromatic rings. The first-order valence-corrected chi connectivity index (χ1v) is 9.19. The molecule has 26 heavy (non-hydrogen) atoms. The lowest BCUT2D eigenvalue weighted by molar-refractivity contribution is -0.122. The van der Waals surface area contributed by atoms with Crippen LogP contribution in [0.25, 0.3) is 0 Å². The topological polar surface area (TPSA) is 98.1 Å². The van der Waals surface area contributed by atoms with E-state index in [2.05, 4.69) is 36.6 Å². The fourth-order valence-corrected chi connectivity index (χ4v) is 3.07. The van der Waals surface area contributed by atoms with E-state index in [1.54, 1.807) is 12.4 Å². The molecule has 1 unspecified atom stereocenters. The Morgan fingerprint density at radius 2 is 2.19 bits per heavy atom. The molecule has 0 saturated carbocycles. The molecule has 0 radical (unpaired) electrons. The molecule has 1 saturated heterocycles. The second kappa shape index (κ2) is 8.91. The monoisotopic (exact) mass is 421 g/mol. The molecule has 3 rings (SSSR count). The van der Waals surface area contributed by atoms with Crippen molar-refractivity contribution in [3.63, 3.8) is 0 Å². The lowest BCUT2D eigenvalue weighted by Crippen LogP contribution is -2.34. The number of halogens is 1. The van der Waals surface area contributed by atoms with Crippen molar-refractivity contribution < 1.29 is 9.53 Å². The molecular formula is C17H20BrN5O3. The largest absolute Gasteiger partial charge is 0.380 e. The predicted molar refractivity (Wildman–Crippen MR) is 99.7 cm³/mol. The summed E-state index contributed by atoms with van der Waals surface area (Å²) in [6.07, 6.45) is 7.08. The van der Waals surface area contributed by atoms with Gasteiger partial charge in [0.05, 0.1) is 18.0 Å². The molecule has 1 aliphatic heterocycles. The van der Waals surface area contributed by atoms with Crippen molar-refractivity contribution in [2.24, 2.45) is 0 Å². The standard InChI is InChI=1S/C17H20BrN5O3/c18-16-14(20-9-13-2-1-7-26-13)10-22-23(17(16)25)11-15(24)21-8-12-3-5-19-6-4-12/h3-6,10,13,20H,1-2,7-9,11H2,(H,21,24). The predicted octanol–water partition coefficient (Wildman–Crippen LogP) is 1.31. The van der Waals surface area contributed by atoms with Crippen LogP contribution in [0.2, 0.25) is 0 Å².